The Bertz CT molecular complexity index is 635. The zero-order valence-corrected chi connectivity index (χ0v) is 18.2. The summed E-state index contributed by atoms with van der Waals surface area (Å²) in [5.74, 6) is -1.04. The van der Waals surface area contributed by atoms with E-state index in [2.05, 4.69) is 15.9 Å². The fraction of sp³-hybridized carbons (Fsp3) is 0.500. The lowest BCUT2D eigenvalue weighted by molar-refractivity contribution is -0.136. The third kappa shape index (κ3) is 6.62. The Morgan fingerprint density at radius 3 is 2.21 bits per heavy atom. The maximum Gasteiger partial charge on any atom is 0.316 e. The van der Waals surface area contributed by atoms with Gasteiger partial charge in [-0.2, -0.15) is 0 Å². The van der Waals surface area contributed by atoms with Gasteiger partial charge in [-0.15, -0.1) is 0 Å². The molecule has 1 unspecified atom stereocenters. The molecule has 1 atom stereocenters. The molecule has 0 fully saturated rings. The first-order chi connectivity index (χ1) is 11.0. The van der Waals surface area contributed by atoms with Crippen molar-refractivity contribution in [2.24, 2.45) is 0 Å². The van der Waals surface area contributed by atoms with E-state index in [4.69, 9.17) is 33.1 Å². The average molecular weight is 453 g/mol. The Labute approximate surface area is 162 Å². The van der Waals surface area contributed by atoms with Crippen LogP contribution >= 0.6 is 34.6 Å². The third-order valence-electron chi connectivity index (χ3n) is 2.91. The number of hydrogen-bond donors (Lipinski definition) is 1. The lowest BCUT2D eigenvalue weighted by Gasteiger charge is -2.31. The molecule has 0 amide bonds. The Hall–Kier alpha value is -0.170. The quantitative estimate of drug-likeness (QED) is 0.316. The van der Waals surface area contributed by atoms with Crippen LogP contribution in [-0.2, 0) is 25.6 Å². The molecule has 0 aromatic heterocycles. The van der Waals surface area contributed by atoms with E-state index < -0.39 is 18.1 Å². The van der Waals surface area contributed by atoms with Crippen LogP contribution in [0.3, 0.4) is 0 Å². The Kier molecular flexibility index (Phi) is 8.66. The van der Waals surface area contributed by atoms with E-state index in [1.807, 2.05) is 52.0 Å². The number of hydrogen-bond acceptors (Lipinski definition) is 5. The minimum absolute atomic E-state index is 0.109. The first kappa shape index (κ1) is 21.9. The van der Waals surface area contributed by atoms with Crippen LogP contribution in [0.5, 0.6) is 0 Å². The van der Waals surface area contributed by atoms with Gasteiger partial charge in [0.2, 0.25) is 6.49 Å². The smallest absolute Gasteiger partial charge is 0.316 e. The average Bonchev–Trinajstić information content (AvgIpc) is 2.42. The van der Waals surface area contributed by atoms with Crippen LogP contribution in [0.4, 0.5) is 0 Å². The Morgan fingerprint density at radius 1 is 1.25 bits per heavy atom. The summed E-state index contributed by atoms with van der Waals surface area (Å²) >= 11 is 14.4. The van der Waals surface area contributed by atoms with Crippen LogP contribution in [0.1, 0.15) is 39.7 Å². The van der Waals surface area contributed by atoms with Gasteiger partial charge in [-0.3, -0.25) is 4.79 Å². The third-order valence-corrected chi connectivity index (χ3v) is 7.68. The molecule has 1 N–H and O–H groups in total. The highest BCUT2D eigenvalue weighted by atomic mass is 79.9. The fourth-order valence-corrected chi connectivity index (χ4v) is 6.59. The number of carboxylic acids is 1. The van der Waals surface area contributed by atoms with Crippen molar-refractivity contribution in [3.63, 3.8) is 0 Å². The van der Waals surface area contributed by atoms with Crippen molar-refractivity contribution < 1.29 is 18.9 Å². The van der Waals surface area contributed by atoms with Crippen molar-refractivity contribution in [3.05, 3.63) is 34.3 Å². The standard InChI is InChI=1S/C16H22BrO4PS2/c1-10(2)20-22(24,21-11(3)4)14(16(18)19)9-15(23)12-6-5-7-13(17)8-12/h5-8,10-11,14H,9H2,1-4H3,(H,18,19). The second-order valence-corrected chi connectivity index (χ2v) is 10.9. The monoisotopic (exact) mass is 452 g/mol. The van der Waals surface area contributed by atoms with Gasteiger partial charge in [-0.1, -0.05) is 40.3 Å². The highest BCUT2D eigenvalue weighted by Crippen LogP contribution is 2.57. The molecule has 0 radical (unpaired) electrons. The molecule has 1 aromatic carbocycles. The summed E-state index contributed by atoms with van der Waals surface area (Å²) in [5, 5.41) is 9.72. The minimum Gasteiger partial charge on any atom is -0.481 e. The molecular formula is C16H22BrO4PS2. The Balaban J connectivity index is 3.12. The number of halogens is 1. The number of thiocarbonyl (C=S) groups is 1. The van der Waals surface area contributed by atoms with E-state index >= 15 is 0 Å². The predicted octanol–water partition coefficient (Wildman–Crippen LogP) is 5.17. The normalized spacial score (nSPS) is 13.3. The summed E-state index contributed by atoms with van der Waals surface area (Å²) in [4.78, 5) is 12.4. The van der Waals surface area contributed by atoms with Crippen molar-refractivity contribution in [2.75, 3.05) is 0 Å². The summed E-state index contributed by atoms with van der Waals surface area (Å²) in [6.07, 6.45) is -0.343. The SMILES string of the molecule is CC(C)OP(=S)(OC(C)C)C(CC(=S)c1cccc(Br)c1)C(=O)O. The van der Waals surface area contributed by atoms with Crippen molar-refractivity contribution in [2.45, 2.75) is 52.0 Å². The molecule has 0 aliphatic carbocycles. The summed E-state index contributed by atoms with van der Waals surface area (Å²) in [6, 6.07) is 7.45. The van der Waals surface area contributed by atoms with Crippen LogP contribution in [0.25, 0.3) is 0 Å². The molecule has 0 aliphatic rings. The van der Waals surface area contributed by atoms with Gasteiger partial charge >= 0.3 is 5.97 Å². The van der Waals surface area contributed by atoms with Gasteiger partial charge in [0.05, 0.1) is 12.2 Å². The molecule has 134 valence electrons. The van der Waals surface area contributed by atoms with Gasteiger partial charge in [-0.05, 0) is 57.2 Å². The summed E-state index contributed by atoms with van der Waals surface area (Å²) in [6.45, 7) is 4.21. The summed E-state index contributed by atoms with van der Waals surface area (Å²) in [5.41, 5.74) is -0.190. The maximum absolute atomic E-state index is 11.9. The van der Waals surface area contributed by atoms with Crippen LogP contribution in [0, 0.1) is 0 Å². The molecule has 8 heteroatoms. The van der Waals surface area contributed by atoms with Crippen LogP contribution in [0.2, 0.25) is 0 Å². The lowest BCUT2D eigenvalue weighted by atomic mass is 10.1. The predicted molar refractivity (Wildman–Crippen MR) is 109 cm³/mol. The molecule has 0 heterocycles. The molecule has 24 heavy (non-hydrogen) atoms. The molecule has 0 aliphatic heterocycles. The lowest BCUT2D eigenvalue weighted by Crippen LogP contribution is -2.28. The number of carboxylic acid groups (broad SMARTS) is 1. The zero-order chi connectivity index (χ0) is 18.5. The highest BCUT2D eigenvalue weighted by Gasteiger charge is 2.39. The van der Waals surface area contributed by atoms with E-state index in [0.717, 1.165) is 10.0 Å². The van der Waals surface area contributed by atoms with E-state index in [9.17, 15) is 9.90 Å². The minimum atomic E-state index is -3.05. The van der Waals surface area contributed by atoms with Gasteiger partial charge in [-0.25, -0.2) is 0 Å². The van der Waals surface area contributed by atoms with Crippen LogP contribution < -0.4 is 0 Å². The first-order valence-electron chi connectivity index (χ1n) is 7.53. The molecule has 4 nitrogen and oxygen atoms in total. The molecule has 0 bridgehead atoms. The molecule has 1 aromatic rings. The van der Waals surface area contributed by atoms with Crippen molar-refractivity contribution in [1.82, 2.24) is 0 Å². The van der Waals surface area contributed by atoms with Gasteiger partial charge in [0, 0.05) is 15.8 Å². The second-order valence-electron chi connectivity index (χ2n) is 5.84. The largest absolute Gasteiger partial charge is 0.481 e. The molecular weight excluding hydrogens is 431 g/mol. The highest BCUT2D eigenvalue weighted by molar-refractivity contribution is 9.10. The fourth-order valence-electron chi connectivity index (χ4n) is 2.05. The summed E-state index contributed by atoms with van der Waals surface area (Å²) < 4.78 is 12.5. The number of benzene rings is 1. The van der Waals surface area contributed by atoms with Gasteiger partial charge in [0.25, 0.3) is 0 Å². The number of carbonyl (C=O) groups is 1. The summed E-state index contributed by atoms with van der Waals surface area (Å²) in [7, 11) is 0. The molecule has 0 spiro atoms. The number of rotatable bonds is 9. The zero-order valence-electron chi connectivity index (χ0n) is 14.1. The van der Waals surface area contributed by atoms with Crippen LogP contribution in [0.15, 0.2) is 28.7 Å². The van der Waals surface area contributed by atoms with E-state index in [1.165, 1.54) is 0 Å². The van der Waals surface area contributed by atoms with E-state index in [0.29, 0.717) is 4.86 Å². The van der Waals surface area contributed by atoms with Crippen LogP contribution in [-0.4, -0.2) is 33.8 Å². The van der Waals surface area contributed by atoms with Gasteiger partial charge < -0.3 is 14.2 Å². The first-order valence-corrected chi connectivity index (χ1v) is 11.4. The second kappa shape index (κ2) is 9.51. The van der Waals surface area contributed by atoms with Crippen molar-refractivity contribution >= 4 is 57.3 Å². The molecule has 0 saturated heterocycles. The van der Waals surface area contributed by atoms with E-state index in [1.54, 1.807) is 0 Å². The maximum atomic E-state index is 11.9. The van der Waals surface area contributed by atoms with Gasteiger partial charge in [0.15, 0.2) is 0 Å². The van der Waals surface area contributed by atoms with Crippen molar-refractivity contribution in [3.8, 4) is 0 Å². The molecule has 1 rings (SSSR count). The van der Waals surface area contributed by atoms with Gasteiger partial charge in [0.1, 0.15) is 5.66 Å². The topological polar surface area (TPSA) is 55.8 Å². The number of aliphatic carboxylic acids is 1. The van der Waals surface area contributed by atoms with E-state index in [-0.39, 0.29) is 18.6 Å². The van der Waals surface area contributed by atoms with Crippen molar-refractivity contribution in [1.29, 1.82) is 0 Å². The Morgan fingerprint density at radius 2 is 1.79 bits per heavy atom. The molecule has 0 saturated carbocycles.